The lowest BCUT2D eigenvalue weighted by Crippen LogP contribution is -2.51. The standard InChI is InChI=1S/C14H21NO4/c1-6-8-14(9-7-2)10-18-11(16)15(14)12(17)19-13(3,4)5/h6-7H,1-2,8-10H2,3-5H3. The van der Waals surface area contributed by atoms with Gasteiger partial charge in [-0.2, -0.15) is 0 Å². The van der Waals surface area contributed by atoms with Gasteiger partial charge >= 0.3 is 12.2 Å². The highest BCUT2D eigenvalue weighted by molar-refractivity contribution is 5.90. The van der Waals surface area contributed by atoms with Gasteiger partial charge in [0.1, 0.15) is 12.2 Å². The summed E-state index contributed by atoms with van der Waals surface area (Å²) in [5.74, 6) is 0. The van der Waals surface area contributed by atoms with Gasteiger partial charge in [-0.05, 0) is 33.6 Å². The molecule has 1 rings (SSSR count). The molecule has 1 fully saturated rings. The molecule has 0 radical (unpaired) electrons. The topological polar surface area (TPSA) is 55.8 Å². The fourth-order valence-electron chi connectivity index (χ4n) is 2.02. The molecule has 0 aliphatic carbocycles. The fraction of sp³-hybridized carbons (Fsp3) is 0.571. The van der Waals surface area contributed by atoms with Crippen LogP contribution in [0.1, 0.15) is 33.6 Å². The summed E-state index contributed by atoms with van der Waals surface area (Å²) in [5.41, 5.74) is -1.45. The van der Waals surface area contributed by atoms with E-state index in [2.05, 4.69) is 13.2 Å². The monoisotopic (exact) mass is 267 g/mol. The van der Waals surface area contributed by atoms with E-state index < -0.39 is 23.3 Å². The van der Waals surface area contributed by atoms with Gasteiger partial charge in [0.25, 0.3) is 0 Å². The predicted molar refractivity (Wildman–Crippen MR) is 71.8 cm³/mol. The number of cyclic esters (lactones) is 1. The SMILES string of the molecule is C=CCC1(CC=C)COC(=O)N1C(=O)OC(C)(C)C. The van der Waals surface area contributed by atoms with Crippen LogP contribution < -0.4 is 0 Å². The molecular formula is C14H21NO4. The Balaban J connectivity index is 3.03. The summed E-state index contributed by atoms with van der Waals surface area (Å²) in [6.45, 7) is 12.7. The van der Waals surface area contributed by atoms with E-state index in [9.17, 15) is 9.59 Å². The van der Waals surface area contributed by atoms with Gasteiger partial charge in [0.2, 0.25) is 0 Å². The molecule has 0 N–H and O–H groups in total. The Labute approximate surface area is 113 Å². The number of amides is 2. The van der Waals surface area contributed by atoms with E-state index in [1.54, 1.807) is 32.9 Å². The molecule has 1 aliphatic rings. The van der Waals surface area contributed by atoms with Crippen molar-refractivity contribution in [3.8, 4) is 0 Å². The molecule has 0 atom stereocenters. The van der Waals surface area contributed by atoms with Crippen molar-refractivity contribution in [2.75, 3.05) is 6.61 Å². The van der Waals surface area contributed by atoms with Gasteiger partial charge in [-0.25, -0.2) is 14.5 Å². The number of carbonyl (C=O) groups is 2. The molecule has 1 saturated heterocycles. The summed E-state index contributed by atoms with van der Waals surface area (Å²) in [6, 6.07) is 0. The van der Waals surface area contributed by atoms with E-state index in [0.717, 1.165) is 4.90 Å². The lowest BCUT2D eigenvalue weighted by molar-refractivity contribution is 0.0191. The van der Waals surface area contributed by atoms with E-state index in [0.29, 0.717) is 12.8 Å². The molecular weight excluding hydrogens is 246 g/mol. The molecule has 0 bridgehead atoms. The quantitative estimate of drug-likeness (QED) is 0.733. The van der Waals surface area contributed by atoms with Crippen LogP contribution >= 0.6 is 0 Å². The maximum absolute atomic E-state index is 12.2. The van der Waals surface area contributed by atoms with Crippen LogP contribution in [-0.4, -0.2) is 34.8 Å². The highest BCUT2D eigenvalue weighted by Crippen LogP contribution is 2.33. The van der Waals surface area contributed by atoms with Crippen molar-refractivity contribution in [1.29, 1.82) is 0 Å². The smallest absolute Gasteiger partial charge is 0.420 e. The molecule has 5 nitrogen and oxygen atoms in total. The molecule has 19 heavy (non-hydrogen) atoms. The first-order valence-corrected chi connectivity index (χ1v) is 6.17. The molecule has 0 aromatic rings. The van der Waals surface area contributed by atoms with E-state index >= 15 is 0 Å². The van der Waals surface area contributed by atoms with E-state index in [1.807, 2.05) is 0 Å². The number of hydrogen-bond donors (Lipinski definition) is 0. The molecule has 2 amide bonds. The highest BCUT2D eigenvalue weighted by atomic mass is 16.6. The molecule has 1 aliphatic heterocycles. The van der Waals surface area contributed by atoms with Crippen molar-refractivity contribution < 1.29 is 19.1 Å². The van der Waals surface area contributed by atoms with Crippen molar-refractivity contribution in [2.45, 2.75) is 44.8 Å². The van der Waals surface area contributed by atoms with Crippen molar-refractivity contribution in [2.24, 2.45) is 0 Å². The summed E-state index contributed by atoms with van der Waals surface area (Å²) in [7, 11) is 0. The Morgan fingerprint density at radius 1 is 1.42 bits per heavy atom. The van der Waals surface area contributed by atoms with Gasteiger partial charge < -0.3 is 9.47 Å². The first-order chi connectivity index (χ1) is 8.75. The Bertz CT molecular complexity index is 385. The average molecular weight is 267 g/mol. The van der Waals surface area contributed by atoms with Gasteiger partial charge in [-0.15, -0.1) is 13.2 Å². The zero-order valence-electron chi connectivity index (χ0n) is 11.8. The number of carbonyl (C=O) groups excluding carboxylic acids is 2. The van der Waals surface area contributed by atoms with Gasteiger partial charge in [0.05, 0.1) is 5.54 Å². The molecule has 0 aromatic carbocycles. The van der Waals surface area contributed by atoms with Crippen LogP contribution in [0.25, 0.3) is 0 Å². The Morgan fingerprint density at radius 2 is 1.95 bits per heavy atom. The van der Waals surface area contributed by atoms with E-state index in [4.69, 9.17) is 9.47 Å². The Hall–Kier alpha value is -1.78. The maximum Gasteiger partial charge on any atom is 0.420 e. The highest BCUT2D eigenvalue weighted by Gasteiger charge is 2.51. The minimum Gasteiger partial charge on any atom is -0.446 e. The van der Waals surface area contributed by atoms with Crippen molar-refractivity contribution in [3.05, 3.63) is 25.3 Å². The minimum absolute atomic E-state index is 0.128. The zero-order valence-corrected chi connectivity index (χ0v) is 11.8. The van der Waals surface area contributed by atoms with Crippen LogP contribution in [0.2, 0.25) is 0 Å². The third-order valence-electron chi connectivity index (χ3n) is 2.75. The molecule has 0 saturated carbocycles. The third-order valence-corrected chi connectivity index (χ3v) is 2.75. The second-order valence-electron chi connectivity index (χ2n) is 5.58. The van der Waals surface area contributed by atoms with Crippen LogP contribution in [0.3, 0.4) is 0 Å². The van der Waals surface area contributed by atoms with Crippen LogP contribution in [0.4, 0.5) is 9.59 Å². The van der Waals surface area contributed by atoms with Crippen molar-refractivity contribution in [3.63, 3.8) is 0 Å². The molecule has 0 aromatic heterocycles. The number of rotatable bonds is 4. The van der Waals surface area contributed by atoms with Crippen LogP contribution in [0, 0.1) is 0 Å². The predicted octanol–water partition coefficient (Wildman–Crippen LogP) is 3.26. The summed E-state index contributed by atoms with van der Waals surface area (Å²) < 4.78 is 10.3. The van der Waals surface area contributed by atoms with Crippen molar-refractivity contribution in [1.82, 2.24) is 4.90 Å². The normalized spacial score (nSPS) is 17.8. The van der Waals surface area contributed by atoms with Crippen LogP contribution in [-0.2, 0) is 9.47 Å². The van der Waals surface area contributed by atoms with Gasteiger partial charge in [-0.3, -0.25) is 0 Å². The van der Waals surface area contributed by atoms with Gasteiger partial charge in [-0.1, -0.05) is 12.2 Å². The maximum atomic E-state index is 12.2. The third kappa shape index (κ3) is 3.36. The average Bonchev–Trinajstić information content (AvgIpc) is 2.54. The molecule has 0 spiro atoms. The molecule has 1 heterocycles. The van der Waals surface area contributed by atoms with Crippen LogP contribution in [0.5, 0.6) is 0 Å². The second kappa shape index (κ2) is 5.47. The largest absolute Gasteiger partial charge is 0.446 e. The lowest BCUT2D eigenvalue weighted by Gasteiger charge is -2.33. The lowest BCUT2D eigenvalue weighted by atomic mass is 9.91. The van der Waals surface area contributed by atoms with E-state index in [-0.39, 0.29) is 6.61 Å². The molecule has 0 unspecified atom stereocenters. The summed E-state index contributed by atoms with van der Waals surface area (Å²) >= 11 is 0. The number of nitrogens with zero attached hydrogens (tertiary/aromatic N) is 1. The Kier molecular flexibility index (Phi) is 4.39. The zero-order chi connectivity index (χ0) is 14.7. The first-order valence-electron chi connectivity index (χ1n) is 6.17. The fourth-order valence-corrected chi connectivity index (χ4v) is 2.02. The van der Waals surface area contributed by atoms with Crippen molar-refractivity contribution >= 4 is 12.2 Å². The minimum atomic E-state index is -0.775. The van der Waals surface area contributed by atoms with Gasteiger partial charge in [0.15, 0.2) is 0 Å². The number of imide groups is 1. The molecule has 5 heteroatoms. The number of hydrogen-bond acceptors (Lipinski definition) is 4. The number of ether oxygens (including phenoxy) is 2. The second-order valence-corrected chi connectivity index (χ2v) is 5.58. The first kappa shape index (κ1) is 15.3. The van der Waals surface area contributed by atoms with Crippen LogP contribution in [0.15, 0.2) is 25.3 Å². The summed E-state index contributed by atoms with van der Waals surface area (Å²) in [6.07, 6.45) is 2.80. The van der Waals surface area contributed by atoms with E-state index in [1.165, 1.54) is 0 Å². The Morgan fingerprint density at radius 3 is 2.37 bits per heavy atom. The molecule has 106 valence electrons. The summed E-state index contributed by atoms with van der Waals surface area (Å²) in [5, 5.41) is 0. The van der Waals surface area contributed by atoms with Gasteiger partial charge in [0, 0.05) is 0 Å². The summed E-state index contributed by atoms with van der Waals surface area (Å²) in [4.78, 5) is 25.0.